The Hall–Kier alpha value is -1.66. The highest BCUT2D eigenvalue weighted by atomic mass is 16.5. The van der Waals surface area contributed by atoms with Gasteiger partial charge in [-0.3, -0.25) is 0 Å². The molecular formula is C13H18N4O2. The molecule has 1 fully saturated rings. The summed E-state index contributed by atoms with van der Waals surface area (Å²) in [7, 11) is 3.57. The lowest BCUT2D eigenvalue weighted by Gasteiger charge is -2.23. The van der Waals surface area contributed by atoms with Crippen molar-refractivity contribution in [1.29, 1.82) is 0 Å². The highest BCUT2D eigenvalue weighted by Crippen LogP contribution is 2.29. The third-order valence-electron chi connectivity index (χ3n) is 3.49. The van der Waals surface area contributed by atoms with Crippen LogP contribution in [0.2, 0.25) is 0 Å². The van der Waals surface area contributed by atoms with Crippen molar-refractivity contribution < 1.29 is 9.47 Å². The van der Waals surface area contributed by atoms with Crippen molar-refractivity contribution in [2.45, 2.75) is 13.0 Å². The smallest absolute Gasteiger partial charge is 0.318 e. The Labute approximate surface area is 111 Å². The highest BCUT2D eigenvalue weighted by molar-refractivity contribution is 5.83. The number of hydrogen-bond donors (Lipinski definition) is 1. The zero-order chi connectivity index (χ0) is 13.4. The summed E-state index contributed by atoms with van der Waals surface area (Å²) in [4.78, 5) is 8.80. The lowest BCUT2D eigenvalue weighted by molar-refractivity contribution is 0.0772. The maximum atomic E-state index is 5.54. The van der Waals surface area contributed by atoms with Crippen molar-refractivity contribution in [1.82, 2.24) is 19.9 Å². The Morgan fingerprint density at radius 2 is 2.32 bits per heavy atom. The van der Waals surface area contributed by atoms with Crippen LogP contribution in [0.4, 0.5) is 0 Å². The van der Waals surface area contributed by atoms with Crippen LogP contribution in [-0.2, 0) is 11.8 Å². The fourth-order valence-corrected chi connectivity index (χ4v) is 2.58. The number of aryl methyl sites for hydroxylation is 2. The molecule has 19 heavy (non-hydrogen) atoms. The van der Waals surface area contributed by atoms with Gasteiger partial charge in [0.2, 0.25) is 0 Å². The molecule has 2 aromatic rings. The molecule has 1 saturated heterocycles. The number of aromatic nitrogens is 3. The summed E-state index contributed by atoms with van der Waals surface area (Å²) in [6.07, 6.45) is 2.10. The second-order valence-corrected chi connectivity index (χ2v) is 4.77. The molecule has 3 heterocycles. The van der Waals surface area contributed by atoms with Crippen LogP contribution < -0.4 is 10.1 Å². The van der Waals surface area contributed by atoms with Crippen molar-refractivity contribution in [3.05, 3.63) is 17.5 Å². The van der Waals surface area contributed by atoms with Gasteiger partial charge in [0.05, 0.1) is 32.1 Å². The molecule has 0 aromatic carbocycles. The second-order valence-electron chi connectivity index (χ2n) is 4.77. The van der Waals surface area contributed by atoms with E-state index in [0.29, 0.717) is 12.6 Å². The van der Waals surface area contributed by atoms with Crippen LogP contribution in [0.25, 0.3) is 11.0 Å². The van der Waals surface area contributed by atoms with Gasteiger partial charge in [0, 0.05) is 30.7 Å². The van der Waals surface area contributed by atoms with Gasteiger partial charge in [0.1, 0.15) is 5.65 Å². The van der Waals surface area contributed by atoms with Gasteiger partial charge in [0.25, 0.3) is 0 Å². The molecule has 1 aliphatic heterocycles. The van der Waals surface area contributed by atoms with Crippen molar-refractivity contribution in [2.24, 2.45) is 7.05 Å². The number of hydrogen-bond acceptors (Lipinski definition) is 5. The maximum Gasteiger partial charge on any atom is 0.318 e. The molecule has 0 saturated carbocycles. The third kappa shape index (κ3) is 2.06. The summed E-state index contributed by atoms with van der Waals surface area (Å²) in [5, 5.41) is 4.56. The van der Waals surface area contributed by atoms with Gasteiger partial charge in [-0.1, -0.05) is 0 Å². The minimum Gasteiger partial charge on any atom is -0.467 e. The topological polar surface area (TPSA) is 61.2 Å². The molecule has 0 radical (unpaired) electrons. The molecule has 6 nitrogen and oxygen atoms in total. The minimum atomic E-state index is 0.202. The quantitative estimate of drug-likeness (QED) is 0.873. The van der Waals surface area contributed by atoms with Gasteiger partial charge in [-0.15, -0.1) is 0 Å². The van der Waals surface area contributed by atoms with Crippen LogP contribution in [-0.4, -0.2) is 41.4 Å². The van der Waals surface area contributed by atoms with E-state index in [4.69, 9.17) is 9.47 Å². The molecule has 0 aliphatic carbocycles. The van der Waals surface area contributed by atoms with Crippen LogP contribution in [0.5, 0.6) is 6.01 Å². The van der Waals surface area contributed by atoms with Crippen molar-refractivity contribution >= 4 is 11.0 Å². The van der Waals surface area contributed by atoms with E-state index in [1.165, 1.54) is 5.56 Å². The fourth-order valence-electron chi connectivity index (χ4n) is 2.58. The van der Waals surface area contributed by atoms with E-state index in [0.717, 1.165) is 29.9 Å². The summed E-state index contributed by atoms with van der Waals surface area (Å²) in [6.45, 7) is 4.31. The second kappa shape index (κ2) is 4.79. The van der Waals surface area contributed by atoms with E-state index in [-0.39, 0.29) is 6.04 Å². The first-order valence-corrected chi connectivity index (χ1v) is 6.39. The standard InChI is InChI=1S/C13H18N4O2/c1-8-11-9(10-7-19-5-4-14-10)6-17(2)12(11)16-13(15-8)18-3/h6,10,14H,4-5,7H2,1-3H3. The molecule has 3 rings (SSSR count). The molecule has 102 valence electrons. The molecule has 1 aliphatic rings. The average molecular weight is 262 g/mol. The number of rotatable bonds is 2. The van der Waals surface area contributed by atoms with Gasteiger partial charge >= 0.3 is 6.01 Å². The van der Waals surface area contributed by atoms with Crippen LogP contribution in [0.1, 0.15) is 17.3 Å². The van der Waals surface area contributed by atoms with E-state index in [2.05, 4.69) is 21.5 Å². The average Bonchev–Trinajstić information content (AvgIpc) is 2.78. The van der Waals surface area contributed by atoms with Crippen molar-refractivity contribution in [3.8, 4) is 6.01 Å². The first-order valence-electron chi connectivity index (χ1n) is 6.39. The van der Waals surface area contributed by atoms with E-state index >= 15 is 0 Å². The van der Waals surface area contributed by atoms with E-state index in [1.54, 1.807) is 7.11 Å². The fraction of sp³-hybridized carbons (Fsp3) is 0.538. The summed E-state index contributed by atoms with van der Waals surface area (Å²) < 4.78 is 12.7. The number of morpholine rings is 1. The molecule has 6 heteroatoms. The Morgan fingerprint density at radius 3 is 3.00 bits per heavy atom. The summed E-state index contributed by atoms with van der Waals surface area (Å²) in [5.74, 6) is 0. The minimum absolute atomic E-state index is 0.202. The number of ether oxygens (including phenoxy) is 2. The van der Waals surface area contributed by atoms with Crippen LogP contribution in [0, 0.1) is 6.92 Å². The first kappa shape index (κ1) is 12.4. The van der Waals surface area contributed by atoms with E-state index in [9.17, 15) is 0 Å². The molecule has 0 spiro atoms. The van der Waals surface area contributed by atoms with Gasteiger partial charge in [-0.25, -0.2) is 0 Å². The van der Waals surface area contributed by atoms with E-state index in [1.807, 2.05) is 18.5 Å². The summed E-state index contributed by atoms with van der Waals surface area (Å²) in [6, 6.07) is 0.610. The Bertz CT molecular complexity index is 602. The largest absolute Gasteiger partial charge is 0.467 e. The number of nitrogens with one attached hydrogen (secondary N) is 1. The zero-order valence-corrected chi connectivity index (χ0v) is 11.4. The monoisotopic (exact) mass is 262 g/mol. The molecular weight excluding hydrogens is 244 g/mol. The predicted octanol–water partition coefficient (Wildman–Crippen LogP) is 0.946. The SMILES string of the molecule is COc1nc(C)c2c(C3COCCN3)cn(C)c2n1. The molecule has 0 bridgehead atoms. The van der Waals surface area contributed by atoms with Gasteiger partial charge in [-0.05, 0) is 6.92 Å². The van der Waals surface area contributed by atoms with Crippen LogP contribution >= 0.6 is 0 Å². The third-order valence-corrected chi connectivity index (χ3v) is 3.49. The zero-order valence-electron chi connectivity index (χ0n) is 11.4. The molecule has 1 atom stereocenters. The Morgan fingerprint density at radius 1 is 1.47 bits per heavy atom. The van der Waals surface area contributed by atoms with E-state index < -0.39 is 0 Å². The predicted molar refractivity (Wildman–Crippen MR) is 71.4 cm³/mol. The summed E-state index contributed by atoms with van der Waals surface area (Å²) in [5.41, 5.74) is 3.02. The highest BCUT2D eigenvalue weighted by Gasteiger charge is 2.22. The molecule has 2 aromatic heterocycles. The molecule has 1 unspecified atom stereocenters. The van der Waals surface area contributed by atoms with Crippen molar-refractivity contribution in [3.63, 3.8) is 0 Å². The number of fused-ring (bicyclic) bond motifs is 1. The van der Waals surface area contributed by atoms with Crippen LogP contribution in [0.3, 0.4) is 0 Å². The maximum absolute atomic E-state index is 5.54. The molecule has 0 amide bonds. The Balaban J connectivity index is 2.15. The van der Waals surface area contributed by atoms with Gasteiger partial charge in [0.15, 0.2) is 0 Å². The summed E-state index contributed by atoms with van der Waals surface area (Å²) >= 11 is 0. The normalized spacial score (nSPS) is 19.8. The van der Waals surface area contributed by atoms with Gasteiger partial charge in [-0.2, -0.15) is 9.97 Å². The van der Waals surface area contributed by atoms with Crippen LogP contribution in [0.15, 0.2) is 6.20 Å². The first-order chi connectivity index (χ1) is 9.20. The number of nitrogens with zero attached hydrogens (tertiary/aromatic N) is 3. The lowest BCUT2D eigenvalue weighted by atomic mass is 10.1. The van der Waals surface area contributed by atoms with Crippen molar-refractivity contribution in [2.75, 3.05) is 26.9 Å². The molecule has 1 N–H and O–H groups in total. The number of methoxy groups -OCH3 is 1. The lowest BCUT2D eigenvalue weighted by Crippen LogP contribution is -2.34. The Kier molecular flexibility index (Phi) is 3.12. The van der Waals surface area contributed by atoms with Gasteiger partial charge < -0.3 is 19.4 Å².